The molecule has 0 aromatic heterocycles. The molecule has 0 aliphatic heterocycles. The second-order valence-electron chi connectivity index (χ2n) is 5.39. The highest BCUT2D eigenvalue weighted by Crippen LogP contribution is 2.20. The van der Waals surface area contributed by atoms with E-state index >= 15 is 0 Å². The monoisotopic (exact) mass is 290 g/mol. The zero-order valence-corrected chi connectivity index (χ0v) is 13.8. The van der Waals surface area contributed by atoms with Crippen LogP contribution in [0.5, 0.6) is 0 Å². The van der Waals surface area contributed by atoms with Gasteiger partial charge in [-0.3, -0.25) is 9.69 Å². The molecule has 21 heavy (non-hydrogen) atoms. The van der Waals surface area contributed by atoms with Crippen molar-refractivity contribution in [3.63, 3.8) is 0 Å². The molecular weight excluding hydrogens is 260 g/mol. The second-order valence-corrected chi connectivity index (χ2v) is 5.39. The number of nitrogens with one attached hydrogen (secondary N) is 1. The highest BCUT2D eigenvalue weighted by Gasteiger charge is 2.25. The molecule has 1 unspecified atom stereocenters. The van der Waals surface area contributed by atoms with E-state index in [2.05, 4.69) is 31.0 Å². The molecule has 0 bridgehead atoms. The second kappa shape index (κ2) is 10.4. The van der Waals surface area contributed by atoms with Crippen LogP contribution in [0.15, 0.2) is 30.3 Å². The predicted octanol–water partition coefficient (Wildman–Crippen LogP) is 3.77. The summed E-state index contributed by atoms with van der Waals surface area (Å²) in [6, 6.07) is 9.90. The molecule has 3 nitrogen and oxygen atoms in total. The van der Waals surface area contributed by atoms with E-state index in [0.29, 0.717) is 0 Å². The SMILES string of the molecule is CCCCCCNC(=O)C(c1ccccc1)N(CC)CC. The number of amides is 1. The largest absolute Gasteiger partial charge is 0.354 e. The molecule has 1 amide bonds. The summed E-state index contributed by atoms with van der Waals surface area (Å²) >= 11 is 0. The van der Waals surface area contributed by atoms with Crippen LogP contribution in [0.2, 0.25) is 0 Å². The zero-order valence-electron chi connectivity index (χ0n) is 13.8. The number of nitrogens with zero attached hydrogens (tertiary/aromatic N) is 1. The number of carbonyl (C=O) groups excluding carboxylic acids is 1. The van der Waals surface area contributed by atoms with Gasteiger partial charge in [0, 0.05) is 6.54 Å². The molecule has 1 aromatic carbocycles. The Hall–Kier alpha value is -1.35. The molecular formula is C18H30N2O. The van der Waals surface area contributed by atoms with Crippen LogP contribution in [-0.2, 0) is 4.79 Å². The van der Waals surface area contributed by atoms with Crippen molar-refractivity contribution in [3.8, 4) is 0 Å². The van der Waals surface area contributed by atoms with E-state index in [1.165, 1.54) is 19.3 Å². The number of hydrogen-bond acceptors (Lipinski definition) is 2. The van der Waals surface area contributed by atoms with Gasteiger partial charge in [-0.25, -0.2) is 0 Å². The summed E-state index contributed by atoms with van der Waals surface area (Å²) in [5.74, 6) is 0.126. The normalized spacial score (nSPS) is 12.4. The Morgan fingerprint density at radius 2 is 1.71 bits per heavy atom. The highest BCUT2D eigenvalue weighted by molar-refractivity contribution is 5.83. The summed E-state index contributed by atoms with van der Waals surface area (Å²) in [5.41, 5.74) is 1.08. The van der Waals surface area contributed by atoms with E-state index in [-0.39, 0.29) is 11.9 Å². The van der Waals surface area contributed by atoms with Gasteiger partial charge in [-0.1, -0.05) is 70.4 Å². The summed E-state index contributed by atoms with van der Waals surface area (Å²) in [7, 11) is 0. The first-order valence-corrected chi connectivity index (χ1v) is 8.31. The van der Waals surface area contributed by atoms with Crippen LogP contribution in [0.1, 0.15) is 58.1 Å². The predicted molar refractivity (Wildman–Crippen MR) is 89.3 cm³/mol. The fourth-order valence-corrected chi connectivity index (χ4v) is 2.61. The van der Waals surface area contributed by atoms with Gasteiger partial charge in [0.25, 0.3) is 0 Å². The number of likely N-dealkylation sites (N-methyl/N-ethyl adjacent to an activating group) is 1. The lowest BCUT2D eigenvalue weighted by molar-refractivity contribution is -0.126. The number of unbranched alkanes of at least 4 members (excludes halogenated alkanes) is 3. The van der Waals surface area contributed by atoms with Gasteiger partial charge in [-0.05, 0) is 25.1 Å². The van der Waals surface area contributed by atoms with Gasteiger partial charge in [0.05, 0.1) is 0 Å². The molecule has 0 heterocycles. The maximum atomic E-state index is 12.6. The lowest BCUT2D eigenvalue weighted by Gasteiger charge is -2.29. The van der Waals surface area contributed by atoms with Crippen LogP contribution in [0.3, 0.4) is 0 Å². The Balaban J connectivity index is 2.66. The average molecular weight is 290 g/mol. The molecule has 1 rings (SSSR count). The summed E-state index contributed by atoms with van der Waals surface area (Å²) < 4.78 is 0. The van der Waals surface area contributed by atoms with Crippen molar-refractivity contribution in [1.29, 1.82) is 0 Å². The molecule has 118 valence electrons. The molecule has 1 atom stereocenters. The summed E-state index contributed by atoms with van der Waals surface area (Å²) in [6.45, 7) is 8.94. The van der Waals surface area contributed by atoms with E-state index in [1.807, 2.05) is 30.3 Å². The molecule has 0 fully saturated rings. The van der Waals surface area contributed by atoms with E-state index in [0.717, 1.165) is 31.6 Å². The first-order chi connectivity index (χ1) is 10.2. The van der Waals surface area contributed by atoms with E-state index in [9.17, 15) is 4.79 Å². The lowest BCUT2D eigenvalue weighted by atomic mass is 10.0. The molecule has 1 N–H and O–H groups in total. The number of carbonyl (C=O) groups is 1. The summed E-state index contributed by atoms with van der Waals surface area (Å²) in [4.78, 5) is 14.8. The Bertz CT molecular complexity index is 387. The summed E-state index contributed by atoms with van der Waals surface area (Å²) in [6.07, 6.45) is 4.73. The Morgan fingerprint density at radius 1 is 1.05 bits per heavy atom. The zero-order chi connectivity index (χ0) is 15.5. The van der Waals surface area contributed by atoms with Crippen molar-refractivity contribution in [2.45, 2.75) is 52.5 Å². The first-order valence-electron chi connectivity index (χ1n) is 8.31. The topological polar surface area (TPSA) is 32.3 Å². The third kappa shape index (κ3) is 5.88. The van der Waals surface area contributed by atoms with Crippen LogP contribution in [0.25, 0.3) is 0 Å². The molecule has 0 aliphatic rings. The molecule has 0 saturated carbocycles. The van der Waals surface area contributed by atoms with E-state index in [4.69, 9.17) is 0 Å². The molecule has 0 spiro atoms. The van der Waals surface area contributed by atoms with Crippen molar-refractivity contribution < 1.29 is 4.79 Å². The van der Waals surface area contributed by atoms with E-state index < -0.39 is 0 Å². The van der Waals surface area contributed by atoms with Crippen LogP contribution >= 0.6 is 0 Å². The molecule has 0 radical (unpaired) electrons. The molecule has 1 aromatic rings. The van der Waals surface area contributed by atoms with Crippen molar-refractivity contribution in [3.05, 3.63) is 35.9 Å². The van der Waals surface area contributed by atoms with Crippen molar-refractivity contribution >= 4 is 5.91 Å². The average Bonchev–Trinajstić information content (AvgIpc) is 2.52. The number of rotatable bonds is 10. The van der Waals surface area contributed by atoms with Crippen LogP contribution in [0.4, 0.5) is 0 Å². The van der Waals surface area contributed by atoms with Crippen molar-refractivity contribution in [2.75, 3.05) is 19.6 Å². The van der Waals surface area contributed by atoms with Gasteiger partial charge in [0.2, 0.25) is 5.91 Å². The molecule has 0 saturated heterocycles. The molecule has 0 aliphatic carbocycles. The van der Waals surface area contributed by atoms with Crippen molar-refractivity contribution in [1.82, 2.24) is 10.2 Å². The number of benzene rings is 1. The minimum atomic E-state index is -0.174. The van der Waals surface area contributed by atoms with E-state index in [1.54, 1.807) is 0 Å². The first kappa shape index (κ1) is 17.7. The van der Waals surface area contributed by atoms with Gasteiger partial charge in [0.1, 0.15) is 6.04 Å². The minimum absolute atomic E-state index is 0.126. The Labute approximate surface area is 129 Å². The van der Waals surface area contributed by atoms with Crippen LogP contribution in [0, 0.1) is 0 Å². The fraction of sp³-hybridized carbons (Fsp3) is 0.611. The van der Waals surface area contributed by atoms with Gasteiger partial charge >= 0.3 is 0 Å². The van der Waals surface area contributed by atoms with Gasteiger partial charge < -0.3 is 5.32 Å². The smallest absolute Gasteiger partial charge is 0.241 e. The Morgan fingerprint density at radius 3 is 2.29 bits per heavy atom. The number of hydrogen-bond donors (Lipinski definition) is 1. The van der Waals surface area contributed by atoms with Crippen LogP contribution < -0.4 is 5.32 Å². The van der Waals surface area contributed by atoms with Crippen molar-refractivity contribution in [2.24, 2.45) is 0 Å². The molecule has 3 heteroatoms. The fourth-order valence-electron chi connectivity index (χ4n) is 2.61. The van der Waals surface area contributed by atoms with Crippen LogP contribution in [-0.4, -0.2) is 30.4 Å². The quantitative estimate of drug-likeness (QED) is 0.665. The maximum absolute atomic E-state index is 12.6. The maximum Gasteiger partial charge on any atom is 0.241 e. The van der Waals surface area contributed by atoms with Gasteiger partial charge in [-0.15, -0.1) is 0 Å². The third-order valence-electron chi connectivity index (χ3n) is 3.87. The van der Waals surface area contributed by atoms with Gasteiger partial charge in [0.15, 0.2) is 0 Å². The third-order valence-corrected chi connectivity index (χ3v) is 3.87. The van der Waals surface area contributed by atoms with Gasteiger partial charge in [-0.2, -0.15) is 0 Å². The lowest BCUT2D eigenvalue weighted by Crippen LogP contribution is -2.40. The Kier molecular flexibility index (Phi) is 8.76. The highest BCUT2D eigenvalue weighted by atomic mass is 16.2. The summed E-state index contributed by atoms with van der Waals surface area (Å²) in [5, 5.41) is 3.11. The standard InChI is InChI=1S/C18H30N2O/c1-4-7-8-12-15-19-18(21)17(20(5-2)6-3)16-13-10-9-11-14-16/h9-11,13-14,17H,4-8,12,15H2,1-3H3,(H,19,21). The minimum Gasteiger partial charge on any atom is -0.354 e.